The van der Waals surface area contributed by atoms with E-state index in [1.54, 1.807) is 6.92 Å². The van der Waals surface area contributed by atoms with Crippen LogP contribution in [0.25, 0.3) is 0 Å². The van der Waals surface area contributed by atoms with Crippen LogP contribution in [-0.4, -0.2) is 32.6 Å². The van der Waals surface area contributed by atoms with E-state index in [1.807, 2.05) is 0 Å². The maximum absolute atomic E-state index is 11.7. The lowest BCUT2D eigenvalue weighted by Gasteiger charge is -2.11. The van der Waals surface area contributed by atoms with E-state index in [0.29, 0.717) is 22.8 Å². The fraction of sp³-hybridized carbons (Fsp3) is 0.700. The molecule has 7 heteroatoms. The second-order valence-electron chi connectivity index (χ2n) is 4.24. The lowest BCUT2D eigenvalue weighted by atomic mass is 10.2. The highest BCUT2D eigenvalue weighted by Gasteiger charge is 2.17. The maximum atomic E-state index is 11.7. The van der Waals surface area contributed by atoms with Crippen molar-refractivity contribution < 1.29 is 4.79 Å². The van der Waals surface area contributed by atoms with Gasteiger partial charge in [-0.15, -0.1) is 10.2 Å². The number of amides is 1. The van der Waals surface area contributed by atoms with Gasteiger partial charge in [0.05, 0.1) is 5.75 Å². The summed E-state index contributed by atoms with van der Waals surface area (Å²) in [5, 5.41) is 11.3. The molecule has 0 aromatic carbocycles. The smallest absolute Gasteiger partial charge is 0.230 e. The van der Waals surface area contributed by atoms with Crippen molar-refractivity contribution in [2.45, 2.75) is 43.8 Å². The first-order valence-electron chi connectivity index (χ1n) is 5.76. The third-order valence-corrected chi connectivity index (χ3v) is 3.83. The standard InChI is InChI=1S/C10H17N5OS/c1-7-13-14-10(15(7)11)17-6-9(16)12-8-4-2-3-5-8/h8H,2-6,11H2,1H3,(H,12,16). The average molecular weight is 255 g/mol. The van der Waals surface area contributed by atoms with Crippen molar-refractivity contribution in [2.75, 3.05) is 11.6 Å². The fourth-order valence-electron chi connectivity index (χ4n) is 1.92. The van der Waals surface area contributed by atoms with Gasteiger partial charge in [-0.2, -0.15) is 0 Å². The summed E-state index contributed by atoms with van der Waals surface area (Å²) < 4.78 is 1.40. The van der Waals surface area contributed by atoms with Crippen LogP contribution in [0.5, 0.6) is 0 Å². The first-order valence-corrected chi connectivity index (χ1v) is 6.74. The molecule has 0 saturated heterocycles. The molecule has 0 radical (unpaired) electrons. The van der Waals surface area contributed by atoms with Crippen LogP contribution in [0.4, 0.5) is 0 Å². The molecule has 94 valence electrons. The van der Waals surface area contributed by atoms with Crippen LogP contribution < -0.4 is 11.2 Å². The van der Waals surface area contributed by atoms with E-state index in [4.69, 9.17) is 5.84 Å². The highest BCUT2D eigenvalue weighted by Crippen LogP contribution is 2.18. The minimum Gasteiger partial charge on any atom is -0.353 e. The zero-order valence-electron chi connectivity index (χ0n) is 9.85. The van der Waals surface area contributed by atoms with Gasteiger partial charge < -0.3 is 11.2 Å². The van der Waals surface area contributed by atoms with Gasteiger partial charge in [-0.05, 0) is 19.8 Å². The summed E-state index contributed by atoms with van der Waals surface area (Å²) in [6.07, 6.45) is 4.63. The van der Waals surface area contributed by atoms with Gasteiger partial charge >= 0.3 is 0 Å². The average Bonchev–Trinajstić information content (AvgIpc) is 2.90. The van der Waals surface area contributed by atoms with Crippen molar-refractivity contribution in [3.63, 3.8) is 0 Å². The first-order chi connectivity index (χ1) is 8.16. The molecule has 0 aliphatic heterocycles. The minimum absolute atomic E-state index is 0.0440. The molecule has 0 unspecified atom stereocenters. The SMILES string of the molecule is Cc1nnc(SCC(=O)NC2CCCC2)n1N. The second kappa shape index (κ2) is 5.39. The highest BCUT2D eigenvalue weighted by molar-refractivity contribution is 7.99. The Kier molecular flexibility index (Phi) is 3.88. The molecule has 1 aromatic rings. The van der Waals surface area contributed by atoms with Crippen LogP contribution in [0.1, 0.15) is 31.5 Å². The summed E-state index contributed by atoms with van der Waals surface area (Å²) in [6.45, 7) is 1.77. The molecule has 1 aliphatic carbocycles. The second-order valence-corrected chi connectivity index (χ2v) is 5.18. The quantitative estimate of drug-likeness (QED) is 0.602. The largest absolute Gasteiger partial charge is 0.353 e. The van der Waals surface area contributed by atoms with Gasteiger partial charge in [-0.25, -0.2) is 4.68 Å². The monoisotopic (exact) mass is 255 g/mol. The molecule has 1 amide bonds. The number of aromatic nitrogens is 3. The number of carbonyl (C=O) groups is 1. The topological polar surface area (TPSA) is 85.8 Å². The summed E-state index contributed by atoms with van der Waals surface area (Å²) in [5.74, 6) is 6.72. The molecule has 0 atom stereocenters. The lowest BCUT2D eigenvalue weighted by Crippen LogP contribution is -2.34. The molecule has 17 heavy (non-hydrogen) atoms. The van der Waals surface area contributed by atoms with Crippen LogP contribution >= 0.6 is 11.8 Å². The summed E-state index contributed by atoms with van der Waals surface area (Å²) in [4.78, 5) is 11.7. The third-order valence-electron chi connectivity index (χ3n) is 2.89. The molecule has 1 aromatic heterocycles. The van der Waals surface area contributed by atoms with Crippen LogP contribution in [0.15, 0.2) is 5.16 Å². The Labute approximate surface area is 104 Å². The summed E-state index contributed by atoms with van der Waals surface area (Å²) in [6, 6.07) is 0.362. The highest BCUT2D eigenvalue weighted by atomic mass is 32.2. The zero-order chi connectivity index (χ0) is 12.3. The predicted molar refractivity (Wildman–Crippen MR) is 66.0 cm³/mol. The van der Waals surface area contributed by atoms with E-state index in [2.05, 4.69) is 15.5 Å². The molecule has 2 rings (SSSR count). The van der Waals surface area contributed by atoms with Gasteiger partial charge in [0.25, 0.3) is 0 Å². The van der Waals surface area contributed by atoms with Crippen molar-refractivity contribution in [1.82, 2.24) is 20.2 Å². The van der Waals surface area contributed by atoms with E-state index >= 15 is 0 Å². The number of nitrogen functional groups attached to an aromatic ring is 1. The number of hydrogen-bond donors (Lipinski definition) is 2. The number of aryl methyl sites for hydroxylation is 1. The third kappa shape index (κ3) is 3.12. The number of carbonyl (C=O) groups excluding carboxylic acids is 1. The van der Waals surface area contributed by atoms with E-state index in [-0.39, 0.29) is 5.91 Å². The van der Waals surface area contributed by atoms with Crippen molar-refractivity contribution in [2.24, 2.45) is 0 Å². The van der Waals surface area contributed by atoms with Crippen molar-refractivity contribution >= 4 is 17.7 Å². The van der Waals surface area contributed by atoms with Crippen LogP contribution in [-0.2, 0) is 4.79 Å². The van der Waals surface area contributed by atoms with E-state index in [1.165, 1.54) is 29.3 Å². The van der Waals surface area contributed by atoms with Gasteiger partial charge in [-0.3, -0.25) is 4.79 Å². The first kappa shape index (κ1) is 12.2. The normalized spacial score (nSPS) is 16.3. The Balaban J connectivity index is 1.77. The van der Waals surface area contributed by atoms with Crippen LogP contribution in [0.3, 0.4) is 0 Å². The number of rotatable bonds is 4. The molecule has 1 aliphatic rings. The molecule has 0 spiro atoms. The zero-order valence-corrected chi connectivity index (χ0v) is 10.7. The number of thioether (sulfide) groups is 1. The molecule has 0 bridgehead atoms. The Morgan fingerprint density at radius 1 is 1.53 bits per heavy atom. The molecular formula is C10H17N5OS. The summed E-state index contributed by atoms with van der Waals surface area (Å²) in [7, 11) is 0. The fourth-order valence-corrected chi connectivity index (χ4v) is 2.63. The number of hydrogen-bond acceptors (Lipinski definition) is 5. The Hall–Kier alpha value is -1.24. The van der Waals surface area contributed by atoms with E-state index < -0.39 is 0 Å². The van der Waals surface area contributed by atoms with Gasteiger partial charge in [0.15, 0.2) is 0 Å². The Bertz CT molecular complexity index is 399. The maximum Gasteiger partial charge on any atom is 0.230 e. The molecular weight excluding hydrogens is 238 g/mol. The molecule has 1 fully saturated rings. The van der Waals surface area contributed by atoms with E-state index in [9.17, 15) is 4.79 Å². The van der Waals surface area contributed by atoms with Crippen LogP contribution in [0, 0.1) is 6.92 Å². The predicted octanol–water partition coefficient (Wildman–Crippen LogP) is 0.451. The molecule has 1 saturated carbocycles. The Morgan fingerprint density at radius 3 is 2.82 bits per heavy atom. The van der Waals surface area contributed by atoms with Crippen molar-refractivity contribution in [1.29, 1.82) is 0 Å². The molecule has 3 N–H and O–H groups in total. The minimum atomic E-state index is 0.0440. The van der Waals surface area contributed by atoms with Gasteiger partial charge in [0.1, 0.15) is 5.82 Å². The lowest BCUT2D eigenvalue weighted by molar-refractivity contribution is -0.119. The van der Waals surface area contributed by atoms with Crippen molar-refractivity contribution in [3.05, 3.63) is 5.82 Å². The van der Waals surface area contributed by atoms with Crippen molar-refractivity contribution in [3.8, 4) is 0 Å². The Morgan fingerprint density at radius 2 is 2.24 bits per heavy atom. The summed E-state index contributed by atoms with van der Waals surface area (Å²) >= 11 is 1.31. The van der Waals surface area contributed by atoms with Gasteiger partial charge in [0.2, 0.25) is 11.1 Å². The number of nitrogens with one attached hydrogen (secondary N) is 1. The molecule has 6 nitrogen and oxygen atoms in total. The van der Waals surface area contributed by atoms with Crippen LogP contribution in [0.2, 0.25) is 0 Å². The van der Waals surface area contributed by atoms with E-state index in [0.717, 1.165) is 12.8 Å². The van der Waals surface area contributed by atoms with Gasteiger partial charge in [0, 0.05) is 6.04 Å². The van der Waals surface area contributed by atoms with Gasteiger partial charge in [-0.1, -0.05) is 24.6 Å². The summed E-state index contributed by atoms with van der Waals surface area (Å²) in [5.41, 5.74) is 0. The molecule has 1 heterocycles. The number of nitrogens with two attached hydrogens (primary N) is 1. The number of nitrogens with zero attached hydrogens (tertiary/aromatic N) is 3.